The molecular weight excluding hydrogens is 418 g/mol. The number of esters is 2. The third kappa shape index (κ3) is 5.60. The molecule has 1 aromatic heterocycles. The maximum atomic E-state index is 12.5. The Morgan fingerprint density at radius 2 is 1.56 bits per heavy atom. The summed E-state index contributed by atoms with van der Waals surface area (Å²) in [5.74, 6) is -0.0208. The van der Waals surface area contributed by atoms with E-state index >= 15 is 0 Å². The summed E-state index contributed by atoms with van der Waals surface area (Å²) in [5, 5.41) is 0. The summed E-state index contributed by atoms with van der Waals surface area (Å²) >= 11 is 0. The Hall–Kier alpha value is -3.49. The van der Waals surface area contributed by atoms with Crippen LogP contribution in [-0.2, 0) is 20.7 Å². The first-order valence-corrected chi connectivity index (χ1v) is 10.1. The van der Waals surface area contributed by atoms with Crippen LogP contribution >= 0.6 is 0 Å². The highest BCUT2D eigenvalue weighted by molar-refractivity contribution is 6.02. The fraction of sp³-hybridized carbons (Fsp3) is 0.435. The molecule has 9 heteroatoms. The van der Waals surface area contributed by atoms with Gasteiger partial charge in [0.15, 0.2) is 18.1 Å². The van der Waals surface area contributed by atoms with Crippen molar-refractivity contribution in [2.45, 2.75) is 33.6 Å². The molecule has 1 N–H and O–H groups in total. The van der Waals surface area contributed by atoms with E-state index in [-0.39, 0.29) is 18.7 Å². The molecule has 2 rings (SSSR count). The number of H-pyrrole nitrogens is 1. The molecule has 9 nitrogen and oxygen atoms in total. The number of nitrogens with one attached hydrogen (secondary N) is 1. The number of aryl methyl sites for hydroxylation is 2. The Morgan fingerprint density at radius 3 is 2.09 bits per heavy atom. The quantitative estimate of drug-likeness (QED) is 0.413. The normalized spacial score (nSPS) is 10.4. The molecule has 32 heavy (non-hydrogen) atoms. The van der Waals surface area contributed by atoms with Crippen LogP contribution in [0.3, 0.4) is 0 Å². The average molecular weight is 447 g/mol. The Labute approximate surface area is 186 Å². The van der Waals surface area contributed by atoms with E-state index in [4.69, 9.17) is 23.7 Å². The van der Waals surface area contributed by atoms with E-state index in [1.807, 2.05) is 0 Å². The lowest BCUT2D eigenvalue weighted by Crippen LogP contribution is -2.16. The van der Waals surface area contributed by atoms with Gasteiger partial charge in [0, 0.05) is 12.1 Å². The third-order valence-corrected chi connectivity index (χ3v) is 4.90. The fourth-order valence-electron chi connectivity index (χ4n) is 3.35. The minimum atomic E-state index is -0.529. The maximum absolute atomic E-state index is 12.5. The molecule has 0 saturated heterocycles. The number of hydrogen-bond donors (Lipinski definition) is 1. The summed E-state index contributed by atoms with van der Waals surface area (Å²) in [6.07, 6.45) is 0.417. The van der Waals surface area contributed by atoms with Crippen LogP contribution in [0, 0.1) is 13.8 Å². The number of methoxy groups -OCH3 is 3. The van der Waals surface area contributed by atoms with Crippen molar-refractivity contribution in [1.29, 1.82) is 0 Å². The zero-order chi connectivity index (χ0) is 23.8. The molecule has 1 heterocycles. The zero-order valence-electron chi connectivity index (χ0n) is 19.2. The molecule has 1 aromatic carbocycles. The predicted molar refractivity (Wildman–Crippen MR) is 116 cm³/mol. The predicted octanol–water partition coefficient (Wildman–Crippen LogP) is 3.19. The summed E-state index contributed by atoms with van der Waals surface area (Å²) in [6, 6.07) is 3.50. The van der Waals surface area contributed by atoms with E-state index in [2.05, 4.69) is 4.98 Å². The summed E-state index contributed by atoms with van der Waals surface area (Å²) < 4.78 is 26.1. The van der Waals surface area contributed by atoms with E-state index in [9.17, 15) is 14.4 Å². The number of benzene rings is 1. The fourth-order valence-corrected chi connectivity index (χ4v) is 3.35. The molecule has 0 fully saturated rings. The number of aromatic amines is 1. The largest absolute Gasteiger partial charge is 0.493 e. The highest BCUT2D eigenvalue weighted by Crippen LogP contribution is 2.38. The molecule has 0 unspecified atom stereocenters. The SMILES string of the molecule is CCOC(=O)c1c(C)[nH]c(C(=O)COC(=O)CCc2cc(OC)c(OC)c(OC)c2)c1C. The van der Waals surface area contributed by atoms with Crippen LogP contribution in [-0.4, -0.2) is 57.2 Å². The second-order valence-corrected chi connectivity index (χ2v) is 6.96. The van der Waals surface area contributed by atoms with Crippen LogP contribution in [0.25, 0.3) is 0 Å². The number of carbonyl (C=O) groups excluding carboxylic acids is 3. The van der Waals surface area contributed by atoms with Gasteiger partial charge in [-0.2, -0.15) is 0 Å². The number of carbonyl (C=O) groups is 3. The van der Waals surface area contributed by atoms with Crippen molar-refractivity contribution in [2.75, 3.05) is 34.5 Å². The van der Waals surface area contributed by atoms with Gasteiger partial charge in [-0.1, -0.05) is 0 Å². The lowest BCUT2D eigenvalue weighted by Gasteiger charge is -2.14. The van der Waals surface area contributed by atoms with Crippen molar-refractivity contribution < 1.29 is 38.1 Å². The first kappa shape index (κ1) is 24.8. The lowest BCUT2D eigenvalue weighted by atomic mass is 10.1. The van der Waals surface area contributed by atoms with Crippen molar-refractivity contribution >= 4 is 17.7 Å². The Balaban J connectivity index is 1.99. The standard InChI is InChI=1S/C23H29NO8/c1-7-31-23(27)20-13(2)21(24-14(20)3)16(25)12-32-19(26)9-8-15-10-17(28-4)22(30-6)18(11-15)29-5/h10-11,24H,7-9,12H2,1-6H3. The smallest absolute Gasteiger partial charge is 0.340 e. The van der Waals surface area contributed by atoms with Gasteiger partial charge < -0.3 is 28.7 Å². The number of rotatable bonds is 11. The van der Waals surface area contributed by atoms with Crippen LogP contribution < -0.4 is 14.2 Å². The van der Waals surface area contributed by atoms with E-state index in [0.29, 0.717) is 40.5 Å². The highest BCUT2D eigenvalue weighted by Gasteiger charge is 2.23. The summed E-state index contributed by atoms with van der Waals surface area (Å²) in [5.41, 5.74) is 2.34. The van der Waals surface area contributed by atoms with Crippen LogP contribution in [0.1, 0.15) is 51.0 Å². The number of ether oxygens (including phenoxy) is 5. The molecule has 174 valence electrons. The average Bonchev–Trinajstić information content (AvgIpc) is 3.09. The zero-order valence-corrected chi connectivity index (χ0v) is 19.2. The minimum absolute atomic E-state index is 0.0583. The van der Waals surface area contributed by atoms with Gasteiger partial charge in [-0.05, 0) is 50.5 Å². The molecule has 0 atom stereocenters. The van der Waals surface area contributed by atoms with Crippen molar-refractivity contribution in [3.8, 4) is 17.2 Å². The van der Waals surface area contributed by atoms with Gasteiger partial charge in [0.05, 0.1) is 39.2 Å². The van der Waals surface area contributed by atoms with Crippen LogP contribution in [0.2, 0.25) is 0 Å². The maximum Gasteiger partial charge on any atom is 0.340 e. The molecular formula is C23H29NO8. The Bertz CT molecular complexity index is 967. The molecule has 0 aliphatic heterocycles. The molecule has 0 spiro atoms. The van der Waals surface area contributed by atoms with Gasteiger partial charge in [0.25, 0.3) is 0 Å². The third-order valence-electron chi connectivity index (χ3n) is 4.90. The highest BCUT2D eigenvalue weighted by atomic mass is 16.5. The lowest BCUT2D eigenvalue weighted by molar-refractivity contribution is -0.142. The monoisotopic (exact) mass is 447 g/mol. The van der Waals surface area contributed by atoms with Crippen molar-refractivity contribution in [3.05, 3.63) is 40.2 Å². The second-order valence-electron chi connectivity index (χ2n) is 6.96. The molecule has 2 aromatic rings. The van der Waals surface area contributed by atoms with Gasteiger partial charge in [-0.3, -0.25) is 9.59 Å². The Kier molecular flexibility index (Phi) is 8.69. The van der Waals surface area contributed by atoms with Gasteiger partial charge in [0.2, 0.25) is 11.5 Å². The topological polar surface area (TPSA) is 113 Å². The van der Waals surface area contributed by atoms with E-state index in [1.54, 1.807) is 32.9 Å². The summed E-state index contributed by atoms with van der Waals surface area (Å²) in [7, 11) is 4.54. The first-order valence-electron chi connectivity index (χ1n) is 10.1. The van der Waals surface area contributed by atoms with E-state index in [0.717, 1.165) is 5.56 Å². The first-order chi connectivity index (χ1) is 15.3. The Morgan fingerprint density at radius 1 is 0.938 bits per heavy atom. The van der Waals surface area contributed by atoms with Gasteiger partial charge in [-0.15, -0.1) is 0 Å². The van der Waals surface area contributed by atoms with E-state index < -0.39 is 24.3 Å². The molecule has 0 radical (unpaired) electrons. The van der Waals surface area contributed by atoms with Crippen molar-refractivity contribution in [1.82, 2.24) is 4.98 Å². The van der Waals surface area contributed by atoms with Crippen LogP contribution in [0.4, 0.5) is 0 Å². The minimum Gasteiger partial charge on any atom is -0.493 e. The van der Waals surface area contributed by atoms with E-state index in [1.165, 1.54) is 21.3 Å². The van der Waals surface area contributed by atoms with Gasteiger partial charge >= 0.3 is 11.9 Å². The number of aromatic nitrogens is 1. The van der Waals surface area contributed by atoms with Crippen LogP contribution in [0.15, 0.2) is 12.1 Å². The summed E-state index contributed by atoms with van der Waals surface area (Å²) in [6.45, 7) is 4.83. The molecule has 0 aliphatic rings. The van der Waals surface area contributed by atoms with Crippen LogP contribution in [0.5, 0.6) is 17.2 Å². The number of hydrogen-bond acceptors (Lipinski definition) is 8. The molecule has 0 amide bonds. The van der Waals surface area contributed by atoms with Gasteiger partial charge in [0.1, 0.15) is 0 Å². The van der Waals surface area contributed by atoms with Crippen molar-refractivity contribution in [2.24, 2.45) is 0 Å². The molecule has 0 aliphatic carbocycles. The molecule has 0 bridgehead atoms. The summed E-state index contributed by atoms with van der Waals surface area (Å²) in [4.78, 5) is 39.7. The van der Waals surface area contributed by atoms with Crippen molar-refractivity contribution in [3.63, 3.8) is 0 Å². The number of Topliss-reactive ketones (excluding diaryl/α,β-unsaturated/α-hetero) is 1. The van der Waals surface area contributed by atoms with Gasteiger partial charge in [-0.25, -0.2) is 4.79 Å². The second kappa shape index (κ2) is 11.2. The molecule has 0 saturated carbocycles. The number of ketones is 1.